The Balaban J connectivity index is 0.00000210. The number of imidazole rings is 1. The van der Waals surface area contributed by atoms with Gasteiger partial charge in [-0.2, -0.15) is 0 Å². The molecule has 7 heteroatoms. The van der Waals surface area contributed by atoms with Gasteiger partial charge in [0, 0.05) is 49.7 Å². The van der Waals surface area contributed by atoms with Crippen LogP contribution >= 0.6 is 24.0 Å². The average Bonchev–Trinajstić information content (AvgIpc) is 3.43. The Labute approximate surface area is 178 Å². The highest BCUT2D eigenvalue weighted by atomic mass is 127. The normalized spacial score (nSPS) is 22.3. The number of hydrogen-bond acceptors (Lipinski definition) is 3. The third kappa shape index (κ3) is 4.63. The number of nitrogens with zero attached hydrogens (tertiary/aromatic N) is 4. The monoisotopic (exact) mass is 481 g/mol. The van der Waals surface area contributed by atoms with E-state index in [1.807, 2.05) is 17.1 Å². The molecule has 3 heterocycles. The van der Waals surface area contributed by atoms with Gasteiger partial charge in [0.25, 0.3) is 0 Å². The number of halogens is 1. The van der Waals surface area contributed by atoms with Crippen LogP contribution in [0.3, 0.4) is 0 Å². The van der Waals surface area contributed by atoms with Crippen LogP contribution in [0.5, 0.6) is 0 Å². The summed E-state index contributed by atoms with van der Waals surface area (Å²) in [4.78, 5) is 11.4. The van der Waals surface area contributed by atoms with Crippen molar-refractivity contribution in [1.29, 1.82) is 0 Å². The minimum atomic E-state index is 0. The van der Waals surface area contributed by atoms with Gasteiger partial charge in [0.2, 0.25) is 0 Å². The third-order valence-corrected chi connectivity index (χ3v) is 5.38. The summed E-state index contributed by atoms with van der Waals surface area (Å²) in [7, 11) is 0. The molecule has 2 saturated heterocycles. The molecule has 0 amide bonds. The van der Waals surface area contributed by atoms with E-state index in [9.17, 15) is 0 Å². The van der Waals surface area contributed by atoms with Gasteiger partial charge >= 0.3 is 0 Å². The topological polar surface area (TPSA) is 54.7 Å². The van der Waals surface area contributed by atoms with Gasteiger partial charge in [0.15, 0.2) is 5.96 Å². The maximum absolute atomic E-state index is 5.65. The Morgan fingerprint density at radius 3 is 3.04 bits per heavy atom. The van der Waals surface area contributed by atoms with Crippen molar-refractivity contribution < 1.29 is 4.74 Å². The van der Waals surface area contributed by atoms with Crippen LogP contribution in [-0.2, 0) is 11.3 Å². The molecule has 1 N–H and O–H groups in total. The molecule has 2 aromatic rings. The van der Waals surface area contributed by atoms with Gasteiger partial charge in [-0.1, -0.05) is 12.1 Å². The van der Waals surface area contributed by atoms with Crippen molar-refractivity contribution in [1.82, 2.24) is 19.8 Å². The molecule has 0 saturated carbocycles. The highest BCUT2D eigenvalue weighted by Gasteiger charge is 2.42. The molecule has 6 nitrogen and oxygen atoms in total. The van der Waals surface area contributed by atoms with E-state index in [2.05, 4.69) is 46.4 Å². The Morgan fingerprint density at radius 1 is 1.37 bits per heavy atom. The van der Waals surface area contributed by atoms with Crippen LogP contribution in [0, 0.1) is 5.41 Å². The summed E-state index contributed by atoms with van der Waals surface area (Å²) in [5, 5.41) is 3.46. The smallest absolute Gasteiger partial charge is 0.194 e. The second-order valence-electron chi connectivity index (χ2n) is 7.28. The van der Waals surface area contributed by atoms with Gasteiger partial charge in [0.1, 0.15) is 0 Å². The molecular weight excluding hydrogens is 453 g/mol. The van der Waals surface area contributed by atoms with E-state index in [4.69, 9.17) is 9.73 Å². The van der Waals surface area contributed by atoms with Crippen LogP contribution in [0.15, 0.2) is 48.0 Å². The van der Waals surface area contributed by atoms with Crippen LogP contribution in [0.2, 0.25) is 0 Å². The molecule has 0 radical (unpaired) electrons. The average molecular weight is 481 g/mol. The zero-order chi connectivity index (χ0) is 17.8. The van der Waals surface area contributed by atoms with E-state index in [-0.39, 0.29) is 24.0 Å². The fourth-order valence-electron chi connectivity index (χ4n) is 3.91. The van der Waals surface area contributed by atoms with Crippen LogP contribution in [0.25, 0.3) is 5.69 Å². The van der Waals surface area contributed by atoms with Gasteiger partial charge in [-0.25, -0.2) is 9.98 Å². The largest absolute Gasteiger partial charge is 0.381 e. The molecule has 1 atom stereocenters. The minimum Gasteiger partial charge on any atom is -0.381 e. The van der Waals surface area contributed by atoms with Gasteiger partial charge in [-0.05, 0) is 37.5 Å². The van der Waals surface area contributed by atoms with Gasteiger partial charge < -0.3 is 19.5 Å². The Hall–Kier alpha value is -1.61. The standard InChI is InChI=1S/C20H27N5O.HI/c1-2-22-19(24-9-6-20(14-24)7-11-26-15-20)23-13-17-4-3-5-18(12-17)25-10-8-21-16-25;/h3-5,8,10,12,16H,2,6-7,9,11,13-15H2,1H3,(H,22,23);1H. The maximum Gasteiger partial charge on any atom is 0.194 e. The first-order chi connectivity index (χ1) is 12.8. The molecule has 0 aliphatic carbocycles. The number of aromatic nitrogens is 2. The molecule has 4 rings (SSSR count). The van der Waals surface area contributed by atoms with Crippen molar-refractivity contribution in [3.8, 4) is 5.69 Å². The SMILES string of the molecule is CCNC(=NCc1cccc(-n2ccnc2)c1)N1CCC2(CCOC2)C1.I. The Kier molecular flexibility index (Phi) is 6.75. The van der Waals surface area contributed by atoms with Crippen molar-refractivity contribution in [3.05, 3.63) is 48.5 Å². The summed E-state index contributed by atoms with van der Waals surface area (Å²) in [6, 6.07) is 8.47. The summed E-state index contributed by atoms with van der Waals surface area (Å²) in [5.41, 5.74) is 2.66. The summed E-state index contributed by atoms with van der Waals surface area (Å²) in [6.07, 6.45) is 7.95. The van der Waals surface area contributed by atoms with Crippen LogP contribution < -0.4 is 5.32 Å². The molecule has 1 aromatic carbocycles. The van der Waals surface area contributed by atoms with Crippen LogP contribution in [0.4, 0.5) is 0 Å². The fourth-order valence-corrected chi connectivity index (χ4v) is 3.91. The number of benzene rings is 1. The minimum absolute atomic E-state index is 0. The van der Waals surface area contributed by atoms with E-state index >= 15 is 0 Å². The molecule has 2 aliphatic rings. The quantitative estimate of drug-likeness (QED) is 0.415. The maximum atomic E-state index is 5.65. The lowest BCUT2D eigenvalue weighted by Gasteiger charge is -2.25. The van der Waals surface area contributed by atoms with Gasteiger partial charge in [-0.3, -0.25) is 0 Å². The first kappa shape index (κ1) is 20.1. The lowest BCUT2D eigenvalue weighted by Crippen LogP contribution is -2.41. The number of rotatable bonds is 4. The van der Waals surface area contributed by atoms with E-state index < -0.39 is 0 Å². The summed E-state index contributed by atoms with van der Waals surface area (Å²) >= 11 is 0. The zero-order valence-corrected chi connectivity index (χ0v) is 18.1. The van der Waals surface area contributed by atoms with Crippen molar-refractivity contribution in [3.63, 3.8) is 0 Å². The van der Waals surface area contributed by atoms with Gasteiger partial charge in [0.05, 0.1) is 19.5 Å². The lowest BCUT2D eigenvalue weighted by molar-refractivity contribution is 0.156. The lowest BCUT2D eigenvalue weighted by atomic mass is 9.87. The number of guanidine groups is 1. The molecular formula is C20H28IN5O. The number of aliphatic imine (C=N–C) groups is 1. The van der Waals surface area contributed by atoms with Crippen molar-refractivity contribution in [2.45, 2.75) is 26.3 Å². The van der Waals surface area contributed by atoms with Crippen LogP contribution in [-0.4, -0.2) is 53.3 Å². The highest BCUT2D eigenvalue weighted by molar-refractivity contribution is 14.0. The van der Waals surface area contributed by atoms with Crippen molar-refractivity contribution in [2.24, 2.45) is 10.4 Å². The first-order valence-corrected chi connectivity index (χ1v) is 9.46. The second kappa shape index (κ2) is 9.05. The van der Waals surface area contributed by atoms with Crippen LogP contribution in [0.1, 0.15) is 25.3 Å². The van der Waals surface area contributed by atoms with E-state index in [1.54, 1.807) is 6.20 Å². The number of likely N-dealkylation sites (tertiary alicyclic amines) is 1. The molecule has 1 aromatic heterocycles. The number of hydrogen-bond donors (Lipinski definition) is 1. The fraction of sp³-hybridized carbons (Fsp3) is 0.500. The molecule has 146 valence electrons. The summed E-state index contributed by atoms with van der Waals surface area (Å²) in [6.45, 7) is 7.59. The Morgan fingerprint density at radius 2 is 2.30 bits per heavy atom. The third-order valence-electron chi connectivity index (χ3n) is 5.38. The molecule has 2 fully saturated rings. The van der Waals surface area contributed by atoms with E-state index in [1.165, 1.54) is 18.4 Å². The molecule has 1 unspecified atom stereocenters. The molecule has 2 aliphatic heterocycles. The molecule has 1 spiro atoms. The summed E-state index contributed by atoms with van der Waals surface area (Å²) in [5.74, 6) is 1.02. The summed E-state index contributed by atoms with van der Waals surface area (Å²) < 4.78 is 7.67. The predicted octanol–water partition coefficient (Wildman–Crippen LogP) is 3.07. The molecule has 27 heavy (non-hydrogen) atoms. The Bertz CT molecular complexity index is 755. The molecule has 0 bridgehead atoms. The highest BCUT2D eigenvalue weighted by Crippen LogP contribution is 2.38. The number of ether oxygens (including phenoxy) is 1. The second-order valence-corrected chi connectivity index (χ2v) is 7.28. The predicted molar refractivity (Wildman–Crippen MR) is 118 cm³/mol. The first-order valence-electron chi connectivity index (χ1n) is 9.46. The van der Waals surface area contributed by atoms with Crippen molar-refractivity contribution >= 4 is 29.9 Å². The van der Waals surface area contributed by atoms with Gasteiger partial charge in [-0.15, -0.1) is 24.0 Å². The van der Waals surface area contributed by atoms with E-state index in [0.717, 1.165) is 44.5 Å². The van der Waals surface area contributed by atoms with E-state index in [0.29, 0.717) is 12.0 Å². The zero-order valence-electron chi connectivity index (χ0n) is 15.8. The number of nitrogens with one attached hydrogen (secondary N) is 1. The van der Waals surface area contributed by atoms with Crippen molar-refractivity contribution in [2.75, 3.05) is 32.8 Å².